The van der Waals surface area contributed by atoms with Gasteiger partial charge < -0.3 is 19.1 Å². The van der Waals surface area contributed by atoms with E-state index in [9.17, 15) is 4.79 Å². The summed E-state index contributed by atoms with van der Waals surface area (Å²) in [4.78, 5) is 19.5. The number of nitrogens with zero attached hydrogens (tertiary/aromatic N) is 2. The Morgan fingerprint density at radius 3 is 2.57 bits per heavy atom. The second-order valence-electron chi connectivity index (χ2n) is 6.60. The average molecular weight is 378 g/mol. The lowest BCUT2D eigenvalue weighted by atomic mass is 10.0. The minimum atomic E-state index is -0.112. The number of fused-ring (bicyclic) bond motifs is 2. The highest BCUT2D eigenvalue weighted by atomic mass is 16.5. The third-order valence-electron chi connectivity index (χ3n) is 4.97. The van der Waals surface area contributed by atoms with Crippen molar-refractivity contribution in [3.8, 4) is 17.2 Å². The predicted octanol–water partition coefficient (Wildman–Crippen LogP) is 4.07. The molecule has 0 fully saturated rings. The molecule has 1 atom stereocenters. The maximum atomic E-state index is 13.2. The molecule has 0 saturated heterocycles. The van der Waals surface area contributed by atoms with Crippen LogP contribution >= 0.6 is 0 Å². The molecule has 0 radical (unpaired) electrons. The summed E-state index contributed by atoms with van der Waals surface area (Å²) >= 11 is 0. The third-order valence-corrected chi connectivity index (χ3v) is 4.97. The van der Waals surface area contributed by atoms with Crippen LogP contribution in [0.2, 0.25) is 0 Å². The van der Waals surface area contributed by atoms with E-state index in [0.29, 0.717) is 35.8 Å². The summed E-state index contributed by atoms with van der Waals surface area (Å²) in [5.74, 6) is 1.83. The molecule has 6 nitrogen and oxygen atoms in total. The number of benzene rings is 2. The standard InChI is InChI=1S/C22H22N2O4/c1-4-28-21-11-19-18(10-20(21)27-3)22(25)24-13-15(9-16(24)12-23-19)14-5-7-17(26-2)8-6-14/h5-8,10-13,16H,4,9H2,1-3H3/t16-/m0/s1. The smallest absolute Gasteiger partial charge is 0.260 e. The highest BCUT2D eigenvalue weighted by molar-refractivity contribution is 6.05. The van der Waals surface area contributed by atoms with E-state index in [2.05, 4.69) is 4.99 Å². The molecule has 6 heteroatoms. The molecule has 0 spiro atoms. The third kappa shape index (κ3) is 3.11. The number of ether oxygens (including phenoxy) is 3. The minimum Gasteiger partial charge on any atom is -0.497 e. The molecular formula is C22H22N2O4. The molecule has 1 amide bonds. The molecule has 2 aromatic rings. The second-order valence-corrected chi connectivity index (χ2v) is 6.60. The fourth-order valence-electron chi connectivity index (χ4n) is 3.53. The Morgan fingerprint density at radius 1 is 1.11 bits per heavy atom. The van der Waals surface area contributed by atoms with Crippen molar-refractivity contribution in [1.29, 1.82) is 0 Å². The van der Waals surface area contributed by atoms with Gasteiger partial charge in [-0.25, -0.2) is 0 Å². The lowest BCUT2D eigenvalue weighted by Gasteiger charge is -2.19. The van der Waals surface area contributed by atoms with E-state index < -0.39 is 0 Å². The van der Waals surface area contributed by atoms with Crippen molar-refractivity contribution in [2.75, 3.05) is 20.8 Å². The van der Waals surface area contributed by atoms with Gasteiger partial charge in [-0.3, -0.25) is 9.79 Å². The summed E-state index contributed by atoms with van der Waals surface area (Å²) in [5, 5.41) is 0. The van der Waals surface area contributed by atoms with Gasteiger partial charge in [-0.05, 0) is 36.3 Å². The van der Waals surface area contributed by atoms with Crippen LogP contribution in [0.25, 0.3) is 5.57 Å². The lowest BCUT2D eigenvalue weighted by Crippen LogP contribution is -2.32. The van der Waals surface area contributed by atoms with Crippen LogP contribution in [0.1, 0.15) is 29.3 Å². The van der Waals surface area contributed by atoms with E-state index in [4.69, 9.17) is 14.2 Å². The predicted molar refractivity (Wildman–Crippen MR) is 108 cm³/mol. The van der Waals surface area contributed by atoms with Crippen LogP contribution in [0, 0.1) is 0 Å². The first kappa shape index (κ1) is 18.1. The summed E-state index contributed by atoms with van der Waals surface area (Å²) in [5.41, 5.74) is 3.27. The normalized spacial score (nSPS) is 17.5. The highest BCUT2D eigenvalue weighted by Gasteiger charge is 2.33. The van der Waals surface area contributed by atoms with E-state index in [1.165, 1.54) is 0 Å². The first-order valence-electron chi connectivity index (χ1n) is 9.21. The van der Waals surface area contributed by atoms with Gasteiger partial charge in [0.2, 0.25) is 0 Å². The number of methoxy groups -OCH3 is 2. The fraction of sp³-hybridized carbons (Fsp3) is 0.273. The first-order chi connectivity index (χ1) is 13.6. The maximum Gasteiger partial charge on any atom is 0.260 e. The number of rotatable bonds is 5. The van der Waals surface area contributed by atoms with Crippen LogP contribution in [0.15, 0.2) is 47.6 Å². The van der Waals surface area contributed by atoms with E-state index >= 15 is 0 Å². The van der Waals surface area contributed by atoms with Gasteiger partial charge in [-0.1, -0.05) is 12.1 Å². The van der Waals surface area contributed by atoms with Crippen molar-refractivity contribution in [3.63, 3.8) is 0 Å². The minimum absolute atomic E-state index is 0.0950. The van der Waals surface area contributed by atoms with Crippen molar-refractivity contribution in [2.24, 2.45) is 4.99 Å². The summed E-state index contributed by atoms with van der Waals surface area (Å²) in [6, 6.07) is 11.2. The molecular weight excluding hydrogens is 356 g/mol. The quantitative estimate of drug-likeness (QED) is 0.787. The Balaban J connectivity index is 1.69. The number of aliphatic imine (C=N–C) groups is 1. The van der Waals surface area contributed by atoms with Crippen LogP contribution < -0.4 is 14.2 Å². The van der Waals surface area contributed by atoms with Gasteiger partial charge >= 0.3 is 0 Å². The van der Waals surface area contributed by atoms with Crippen molar-refractivity contribution >= 4 is 23.4 Å². The Labute approximate surface area is 164 Å². The molecule has 28 heavy (non-hydrogen) atoms. The van der Waals surface area contributed by atoms with Crippen LogP contribution in [-0.2, 0) is 0 Å². The molecule has 144 valence electrons. The molecule has 0 N–H and O–H groups in total. The van der Waals surface area contributed by atoms with Gasteiger partial charge in [0.05, 0.1) is 38.1 Å². The van der Waals surface area contributed by atoms with Gasteiger partial charge in [0.1, 0.15) is 5.75 Å². The molecule has 0 aliphatic carbocycles. The average Bonchev–Trinajstić information content (AvgIpc) is 3.11. The lowest BCUT2D eigenvalue weighted by molar-refractivity contribution is 0.0817. The Bertz CT molecular complexity index is 963. The zero-order valence-corrected chi connectivity index (χ0v) is 16.1. The van der Waals surface area contributed by atoms with Crippen molar-refractivity contribution in [1.82, 2.24) is 4.90 Å². The monoisotopic (exact) mass is 378 g/mol. The molecule has 0 aromatic heterocycles. The summed E-state index contributed by atoms with van der Waals surface area (Å²) < 4.78 is 16.2. The number of carbonyl (C=O) groups is 1. The van der Waals surface area contributed by atoms with Crippen molar-refractivity contribution in [2.45, 2.75) is 19.4 Å². The maximum absolute atomic E-state index is 13.2. The van der Waals surface area contributed by atoms with Crippen LogP contribution in [0.3, 0.4) is 0 Å². The molecule has 2 aliphatic rings. The number of carbonyl (C=O) groups excluding carboxylic acids is 1. The highest BCUT2D eigenvalue weighted by Crippen LogP contribution is 2.39. The molecule has 0 bridgehead atoms. The van der Waals surface area contributed by atoms with Gasteiger partial charge in [-0.15, -0.1) is 0 Å². The fourth-order valence-corrected chi connectivity index (χ4v) is 3.53. The first-order valence-corrected chi connectivity index (χ1v) is 9.21. The van der Waals surface area contributed by atoms with E-state index in [1.54, 1.807) is 31.3 Å². The zero-order valence-electron chi connectivity index (χ0n) is 16.1. The van der Waals surface area contributed by atoms with Gasteiger partial charge in [0.15, 0.2) is 11.5 Å². The number of amides is 1. The van der Waals surface area contributed by atoms with E-state index in [1.807, 2.05) is 43.6 Å². The molecule has 0 unspecified atom stereocenters. The summed E-state index contributed by atoms with van der Waals surface area (Å²) in [7, 11) is 3.21. The summed E-state index contributed by atoms with van der Waals surface area (Å²) in [6.07, 6.45) is 4.46. The van der Waals surface area contributed by atoms with Gasteiger partial charge in [-0.2, -0.15) is 0 Å². The Hall–Kier alpha value is -3.28. The Kier molecular flexibility index (Phi) is 4.77. The van der Waals surface area contributed by atoms with E-state index in [-0.39, 0.29) is 11.9 Å². The largest absolute Gasteiger partial charge is 0.497 e. The van der Waals surface area contributed by atoms with Gasteiger partial charge in [0, 0.05) is 24.9 Å². The van der Waals surface area contributed by atoms with Crippen LogP contribution in [0.5, 0.6) is 17.2 Å². The SMILES string of the molecule is CCOc1cc2c(cc1OC)C(=O)N1C=C(c3ccc(OC)cc3)C[C@H]1C=N2. The van der Waals surface area contributed by atoms with Crippen molar-refractivity contribution < 1.29 is 19.0 Å². The van der Waals surface area contributed by atoms with Crippen LogP contribution in [-0.4, -0.2) is 43.9 Å². The second kappa shape index (κ2) is 7.38. The number of hydrogen-bond acceptors (Lipinski definition) is 5. The van der Waals surface area contributed by atoms with E-state index in [0.717, 1.165) is 16.9 Å². The van der Waals surface area contributed by atoms with Gasteiger partial charge in [0.25, 0.3) is 5.91 Å². The molecule has 2 aromatic carbocycles. The molecule has 2 aliphatic heterocycles. The molecule has 0 saturated carbocycles. The molecule has 4 rings (SSSR count). The van der Waals surface area contributed by atoms with Crippen LogP contribution in [0.4, 0.5) is 5.69 Å². The van der Waals surface area contributed by atoms with Crippen molar-refractivity contribution in [3.05, 3.63) is 53.7 Å². The Morgan fingerprint density at radius 2 is 1.89 bits per heavy atom. The molecule has 2 heterocycles. The summed E-state index contributed by atoms with van der Waals surface area (Å²) in [6.45, 7) is 2.41. The number of hydrogen-bond donors (Lipinski definition) is 0. The zero-order chi connectivity index (χ0) is 19.7. The topological polar surface area (TPSA) is 60.4 Å².